The van der Waals surface area contributed by atoms with Crippen molar-refractivity contribution in [1.29, 1.82) is 0 Å². The molecule has 0 fully saturated rings. The van der Waals surface area contributed by atoms with Gasteiger partial charge in [-0.1, -0.05) is 56.3 Å². The summed E-state index contributed by atoms with van der Waals surface area (Å²) < 4.78 is 52.3. The third kappa shape index (κ3) is 10.6. The number of sulfonamides is 1. The number of halogens is 1. The van der Waals surface area contributed by atoms with Crippen LogP contribution in [0.1, 0.15) is 31.4 Å². The molecule has 2 amide bonds. The highest BCUT2D eigenvalue weighted by atomic mass is 32.2. The summed E-state index contributed by atoms with van der Waals surface area (Å²) in [5.74, 6) is 0.165. The zero-order valence-corrected chi connectivity index (χ0v) is 27.5. The lowest BCUT2D eigenvalue weighted by atomic mass is 10.0. The molecular weight excluding hydrogens is 621 g/mol. The fourth-order valence-corrected chi connectivity index (χ4v) is 5.82. The summed E-state index contributed by atoms with van der Waals surface area (Å²) in [6.07, 6.45) is 1.09. The van der Waals surface area contributed by atoms with Crippen LogP contribution < -0.4 is 19.5 Å². The standard InChI is InChI=1S/C36H40FN3O6S/c1-26(2)21-22-38-36(42)34(23-27-7-5-4-6-8-27)40(24-28-9-15-31(45-3)16-10-28)35(41)25-46-32-17-19-33(20-18-32)47(43,44)39-30-13-11-29(37)12-14-30/h4-20,26,34,39H,21-25H2,1-3H3,(H,38,42). The van der Waals surface area contributed by atoms with Gasteiger partial charge in [0.05, 0.1) is 12.0 Å². The van der Waals surface area contributed by atoms with E-state index in [2.05, 4.69) is 23.9 Å². The zero-order valence-electron chi connectivity index (χ0n) is 26.7. The van der Waals surface area contributed by atoms with Gasteiger partial charge >= 0.3 is 0 Å². The van der Waals surface area contributed by atoms with Gasteiger partial charge in [-0.15, -0.1) is 0 Å². The SMILES string of the molecule is COc1ccc(CN(C(=O)COc2ccc(S(=O)(=O)Nc3ccc(F)cc3)cc2)C(Cc2ccccc2)C(=O)NCCC(C)C)cc1. The molecule has 0 heterocycles. The summed E-state index contributed by atoms with van der Waals surface area (Å²) in [5.41, 5.74) is 1.92. The van der Waals surface area contributed by atoms with E-state index in [0.29, 0.717) is 24.6 Å². The number of hydrogen-bond donors (Lipinski definition) is 2. The number of anilines is 1. The average molecular weight is 662 g/mol. The van der Waals surface area contributed by atoms with Crippen LogP contribution in [0.2, 0.25) is 0 Å². The van der Waals surface area contributed by atoms with E-state index in [0.717, 1.165) is 29.7 Å². The van der Waals surface area contributed by atoms with Crippen molar-refractivity contribution in [2.24, 2.45) is 5.92 Å². The van der Waals surface area contributed by atoms with Gasteiger partial charge in [0.1, 0.15) is 23.4 Å². The number of benzene rings is 4. The van der Waals surface area contributed by atoms with E-state index in [1.165, 1.54) is 41.3 Å². The van der Waals surface area contributed by atoms with Crippen LogP contribution in [0.3, 0.4) is 0 Å². The fraction of sp³-hybridized carbons (Fsp3) is 0.278. The van der Waals surface area contributed by atoms with Crippen LogP contribution in [0.15, 0.2) is 108 Å². The van der Waals surface area contributed by atoms with E-state index in [1.807, 2.05) is 42.5 Å². The number of carbonyl (C=O) groups is 2. The van der Waals surface area contributed by atoms with Gasteiger partial charge < -0.3 is 19.7 Å². The zero-order chi connectivity index (χ0) is 33.8. The van der Waals surface area contributed by atoms with Crippen molar-refractivity contribution in [3.05, 3.63) is 120 Å². The monoisotopic (exact) mass is 661 g/mol. The lowest BCUT2D eigenvalue weighted by Crippen LogP contribution is -2.52. The van der Waals surface area contributed by atoms with Gasteiger partial charge in [-0.25, -0.2) is 12.8 Å². The minimum atomic E-state index is -3.95. The Kier molecular flexibility index (Phi) is 12.3. The Morgan fingerprint density at radius 2 is 1.47 bits per heavy atom. The lowest BCUT2D eigenvalue weighted by molar-refractivity contribution is -0.142. The number of carbonyl (C=O) groups excluding carboxylic acids is 2. The molecule has 47 heavy (non-hydrogen) atoms. The maximum Gasteiger partial charge on any atom is 0.261 e. The molecule has 4 rings (SSSR count). The number of amides is 2. The summed E-state index contributed by atoms with van der Waals surface area (Å²) >= 11 is 0. The molecule has 0 saturated heterocycles. The van der Waals surface area contributed by atoms with Crippen molar-refractivity contribution in [2.45, 2.75) is 44.2 Å². The number of rotatable bonds is 16. The molecule has 4 aromatic carbocycles. The molecule has 0 aromatic heterocycles. The Hall–Kier alpha value is -4.90. The highest BCUT2D eigenvalue weighted by Crippen LogP contribution is 2.21. The molecule has 0 spiro atoms. The van der Waals surface area contributed by atoms with E-state index in [4.69, 9.17) is 9.47 Å². The van der Waals surface area contributed by atoms with E-state index in [9.17, 15) is 22.4 Å². The molecule has 0 bridgehead atoms. The third-order valence-electron chi connectivity index (χ3n) is 7.40. The second kappa shape index (κ2) is 16.6. The van der Waals surface area contributed by atoms with Crippen LogP contribution in [-0.2, 0) is 32.6 Å². The number of ether oxygens (including phenoxy) is 2. The minimum absolute atomic E-state index is 0.0392. The van der Waals surface area contributed by atoms with Gasteiger partial charge in [-0.2, -0.15) is 0 Å². The fourth-order valence-electron chi connectivity index (χ4n) is 4.76. The average Bonchev–Trinajstić information content (AvgIpc) is 3.07. The molecule has 1 atom stereocenters. The summed E-state index contributed by atoms with van der Waals surface area (Å²) in [6.45, 7) is 4.39. The second-order valence-electron chi connectivity index (χ2n) is 11.4. The first kappa shape index (κ1) is 35.0. The van der Waals surface area contributed by atoms with Crippen LogP contribution in [0.25, 0.3) is 0 Å². The van der Waals surface area contributed by atoms with Crippen molar-refractivity contribution in [2.75, 3.05) is 25.0 Å². The number of nitrogens with zero attached hydrogens (tertiary/aromatic N) is 1. The molecule has 1 unspecified atom stereocenters. The number of methoxy groups -OCH3 is 1. The predicted octanol–water partition coefficient (Wildman–Crippen LogP) is 5.82. The van der Waals surface area contributed by atoms with E-state index >= 15 is 0 Å². The van der Waals surface area contributed by atoms with E-state index < -0.39 is 27.8 Å². The smallest absolute Gasteiger partial charge is 0.261 e. The first-order valence-electron chi connectivity index (χ1n) is 15.3. The van der Waals surface area contributed by atoms with Gasteiger partial charge in [0.25, 0.3) is 15.9 Å². The quantitative estimate of drug-likeness (QED) is 0.157. The van der Waals surface area contributed by atoms with Crippen molar-refractivity contribution < 1.29 is 31.9 Å². The minimum Gasteiger partial charge on any atom is -0.497 e. The Bertz CT molecular complexity index is 1700. The molecule has 0 radical (unpaired) electrons. The van der Waals surface area contributed by atoms with Crippen LogP contribution >= 0.6 is 0 Å². The van der Waals surface area contributed by atoms with Crippen molar-refractivity contribution >= 4 is 27.5 Å². The molecule has 2 N–H and O–H groups in total. The van der Waals surface area contributed by atoms with Gasteiger partial charge in [0, 0.05) is 25.2 Å². The molecule has 4 aromatic rings. The lowest BCUT2D eigenvalue weighted by Gasteiger charge is -2.31. The van der Waals surface area contributed by atoms with Crippen molar-refractivity contribution in [3.63, 3.8) is 0 Å². The molecule has 9 nitrogen and oxygen atoms in total. The Balaban J connectivity index is 1.53. The molecule has 11 heteroatoms. The third-order valence-corrected chi connectivity index (χ3v) is 8.79. The normalized spacial score (nSPS) is 11.9. The van der Waals surface area contributed by atoms with Gasteiger partial charge in [-0.3, -0.25) is 14.3 Å². The largest absolute Gasteiger partial charge is 0.497 e. The van der Waals surface area contributed by atoms with Crippen LogP contribution in [-0.4, -0.2) is 51.4 Å². The van der Waals surface area contributed by atoms with E-state index in [-0.39, 0.29) is 35.4 Å². The van der Waals surface area contributed by atoms with Crippen molar-refractivity contribution in [3.8, 4) is 11.5 Å². The topological polar surface area (TPSA) is 114 Å². The highest BCUT2D eigenvalue weighted by molar-refractivity contribution is 7.92. The Morgan fingerprint density at radius 3 is 2.09 bits per heavy atom. The van der Waals surface area contributed by atoms with E-state index in [1.54, 1.807) is 19.2 Å². The van der Waals surface area contributed by atoms with Crippen LogP contribution in [0.4, 0.5) is 10.1 Å². The van der Waals surface area contributed by atoms with Crippen LogP contribution in [0.5, 0.6) is 11.5 Å². The first-order chi connectivity index (χ1) is 22.5. The molecule has 0 aliphatic rings. The molecule has 0 aliphatic carbocycles. The molecule has 248 valence electrons. The van der Waals surface area contributed by atoms with Crippen LogP contribution in [0, 0.1) is 11.7 Å². The Morgan fingerprint density at radius 1 is 0.830 bits per heavy atom. The maximum atomic E-state index is 13.9. The summed E-state index contributed by atoms with van der Waals surface area (Å²) in [4.78, 5) is 29.0. The number of nitrogens with one attached hydrogen (secondary N) is 2. The van der Waals surface area contributed by atoms with Crippen molar-refractivity contribution in [1.82, 2.24) is 10.2 Å². The summed E-state index contributed by atoms with van der Waals surface area (Å²) in [7, 11) is -2.37. The molecule has 0 saturated carbocycles. The van der Waals surface area contributed by atoms with Gasteiger partial charge in [0.15, 0.2) is 6.61 Å². The second-order valence-corrected chi connectivity index (χ2v) is 13.1. The highest BCUT2D eigenvalue weighted by Gasteiger charge is 2.30. The predicted molar refractivity (Wildman–Crippen MR) is 179 cm³/mol. The summed E-state index contributed by atoms with van der Waals surface area (Å²) in [5, 5.41) is 3.01. The number of hydrogen-bond acceptors (Lipinski definition) is 6. The molecule has 0 aliphatic heterocycles. The molecular formula is C36H40FN3O6S. The maximum absolute atomic E-state index is 13.9. The van der Waals surface area contributed by atoms with Gasteiger partial charge in [0.2, 0.25) is 5.91 Å². The Labute approximate surface area is 275 Å². The van der Waals surface area contributed by atoms with Gasteiger partial charge in [-0.05, 0) is 84.1 Å². The summed E-state index contributed by atoms with van der Waals surface area (Å²) in [6, 6.07) is 26.5. The first-order valence-corrected chi connectivity index (χ1v) is 16.8.